The lowest BCUT2D eigenvalue weighted by Crippen LogP contribution is -2.56. The Balaban J connectivity index is 2.90. The van der Waals surface area contributed by atoms with E-state index in [1.807, 2.05) is 0 Å². The second kappa shape index (κ2) is 9.66. The minimum absolute atomic E-state index is 0.240. The molecule has 0 heterocycles. The van der Waals surface area contributed by atoms with E-state index < -0.39 is 25.0 Å². The Hall–Kier alpha value is -1.30. The molecule has 4 N–H and O–H groups in total. The largest absolute Gasteiger partial charge is 0.480 e. The van der Waals surface area contributed by atoms with Crippen LogP contribution in [0.2, 0.25) is 0 Å². The molecule has 0 aromatic rings. The van der Waals surface area contributed by atoms with Crippen molar-refractivity contribution >= 4 is 11.9 Å². The van der Waals surface area contributed by atoms with Crippen molar-refractivity contribution in [2.24, 2.45) is 0 Å². The fourth-order valence-corrected chi connectivity index (χ4v) is 2.96. The summed E-state index contributed by atoms with van der Waals surface area (Å²) in [5.74, 6) is -2.23. The van der Waals surface area contributed by atoms with Gasteiger partial charge in [0.15, 0.2) is 0 Å². The minimum atomic E-state index is -1.12. The molecule has 1 aliphatic carbocycles. The zero-order valence-corrected chi connectivity index (χ0v) is 12.1. The zero-order valence-electron chi connectivity index (χ0n) is 12.1. The summed E-state index contributed by atoms with van der Waals surface area (Å²) in [6.45, 7) is -1.28. The minimum Gasteiger partial charge on any atom is -0.480 e. The summed E-state index contributed by atoms with van der Waals surface area (Å²) in [6, 6.07) is -0.655. The van der Waals surface area contributed by atoms with Crippen molar-refractivity contribution in [3.05, 3.63) is 0 Å². The Morgan fingerprint density at radius 2 is 1.27 bits per heavy atom. The molecule has 0 radical (unpaired) electrons. The van der Waals surface area contributed by atoms with E-state index in [-0.39, 0.29) is 25.5 Å². The Morgan fingerprint density at radius 1 is 0.864 bits per heavy atom. The van der Waals surface area contributed by atoms with E-state index in [1.54, 1.807) is 0 Å². The van der Waals surface area contributed by atoms with Crippen LogP contribution in [-0.2, 0) is 19.4 Å². The highest BCUT2D eigenvalue weighted by Crippen LogP contribution is 2.27. The molecule has 2 unspecified atom stereocenters. The molecule has 0 spiro atoms. The third kappa shape index (κ3) is 5.83. The van der Waals surface area contributed by atoms with Crippen molar-refractivity contribution in [2.45, 2.75) is 37.8 Å². The van der Waals surface area contributed by atoms with Gasteiger partial charge in [0.2, 0.25) is 0 Å². The maximum Gasteiger partial charge on any atom is 0.317 e. The van der Waals surface area contributed by atoms with Gasteiger partial charge in [0.05, 0.1) is 13.1 Å². The van der Waals surface area contributed by atoms with Crippen LogP contribution in [0.1, 0.15) is 25.7 Å². The fraction of sp³-hybridized carbons (Fsp3) is 0.833. The lowest BCUT2D eigenvalue weighted by molar-refractivity contribution is -0.319. The molecule has 0 aromatic heterocycles. The summed E-state index contributed by atoms with van der Waals surface area (Å²) in [7, 11) is 0. The standard InChI is InChI=1S/C12H22N2O8/c15-11(16)5-13(6-12(17)18)9-3-1-2-4-10(9)14(7-21-19)8-22-20/h9-10,19-20H,1-8H2,(H,15,16)(H,17,18). The lowest BCUT2D eigenvalue weighted by Gasteiger charge is -2.43. The molecule has 0 aromatic carbocycles. The lowest BCUT2D eigenvalue weighted by atomic mass is 9.88. The second-order valence-corrected chi connectivity index (χ2v) is 5.22. The van der Waals surface area contributed by atoms with E-state index in [0.717, 1.165) is 12.8 Å². The Kier molecular flexibility index (Phi) is 8.24. The molecule has 128 valence electrons. The van der Waals surface area contributed by atoms with Crippen LogP contribution in [0, 0.1) is 0 Å². The summed E-state index contributed by atoms with van der Waals surface area (Å²) in [4.78, 5) is 33.0. The topological polar surface area (TPSA) is 140 Å². The summed E-state index contributed by atoms with van der Waals surface area (Å²) < 4.78 is 0. The SMILES string of the molecule is O=C(O)CN(CC(=O)O)C1CCCCC1N(COO)COO. The van der Waals surface area contributed by atoms with Crippen molar-refractivity contribution in [2.75, 3.05) is 26.6 Å². The van der Waals surface area contributed by atoms with Gasteiger partial charge >= 0.3 is 11.9 Å². The van der Waals surface area contributed by atoms with E-state index in [1.165, 1.54) is 9.80 Å². The predicted molar refractivity (Wildman–Crippen MR) is 71.9 cm³/mol. The van der Waals surface area contributed by atoms with Crippen LogP contribution in [0.4, 0.5) is 0 Å². The van der Waals surface area contributed by atoms with Crippen molar-refractivity contribution in [1.29, 1.82) is 0 Å². The third-order valence-corrected chi connectivity index (χ3v) is 3.76. The van der Waals surface area contributed by atoms with Gasteiger partial charge < -0.3 is 10.2 Å². The van der Waals surface area contributed by atoms with E-state index in [4.69, 9.17) is 20.7 Å². The predicted octanol–water partition coefficient (Wildman–Crippen LogP) is -0.0350. The number of rotatable bonds is 10. The molecule has 1 saturated carbocycles. The van der Waals surface area contributed by atoms with E-state index in [2.05, 4.69) is 9.78 Å². The van der Waals surface area contributed by atoms with Crippen molar-refractivity contribution in [3.8, 4) is 0 Å². The highest BCUT2D eigenvalue weighted by atomic mass is 17.1. The van der Waals surface area contributed by atoms with Gasteiger partial charge in [-0.2, -0.15) is 0 Å². The zero-order chi connectivity index (χ0) is 16.5. The second-order valence-electron chi connectivity index (χ2n) is 5.22. The maximum absolute atomic E-state index is 11.0. The van der Waals surface area contributed by atoms with E-state index in [9.17, 15) is 9.59 Å². The van der Waals surface area contributed by atoms with Crippen LogP contribution in [0.15, 0.2) is 0 Å². The average Bonchev–Trinajstić information content (AvgIpc) is 2.45. The van der Waals surface area contributed by atoms with Gasteiger partial charge in [-0.3, -0.25) is 25.0 Å². The monoisotopic (exact) mass is 322 g/mol. The highest BCUT2D eigenvalue weighted by Gasteiger charge is 2.36. The molecular formula is C12H22N2O8. The molecule has 1 aliphatic rings. The highest BCUT2D eigenvalue weighted by molar-refractivity contribution is 5.72. The van der Waals surface area contributed by atoms with Crippen LogP contribution < -0.4 is 0 Å². The number of hydrogen-bond acceptors (Lipinski definition) is 8. The normalized spacial score (nSPS) is 22.2. The van der Waals surface area contributed by atoms with Crippen molar-refractivity contribution in [1.82, 2.24) is 9.80 Å². The van der Waals surface area contributed by atoms with Crippen LogP contribution in [-0.4, -0.2) is 81.1 Å². The summed E-state index contributed by atoms with van der Waals surface area (Å²) in [5, 5.41) is 35.2. The third-order valence-electron chi connectivity index (χ3n) is 3.76. The molecule has 0 saturated heterocycles. The van der Waals surface area contributed by atoms with E-state index >= 15 is 0 Å². The van der Waals surface area contributed by atoms with E-state index in [0.29, 0.717) is 12.8 Å². The van der Waals surface area contributed by atoms with Crippen LogP contribution >= 0.6 is 0 Å². The van der Waals surface area contributed by atoms with Gasteiger partial charge in [0, 0.05) is 12.1 Å². The smallest absolute Gasteiger partial charge is 0.317 e. The number of aliphatic carboxylic acids is 2. The van der Waals surface area contributed by atoms with Gasteiger partial charge in [0.1, 0.15) is 13.5 Å². The molecule has 10 nitrogen and oxygen atoms in total. The Labute approximate surface area is 127 Å². The van der Waals surface area contributed by atoms with Gasteiger partial charge in [-0.1, -0.05) is 12.8 Å². The first kappa shape index (κ1) is 18.7. The first-order valence-electron chi connectivity index (χ1n) is 6.94. The number of carboxylic acid groups (broad SMARTS) is 2. The average molecular weight is 322 g/mol. The first-order chi connectivity index (χ1) is 10.5. The molecule has 1 fully saturated rings. The summed E-state index contributed by atoms with van der Waals surface area (Å²) in [6.07, 6.45) is 2.96. The van der Waals surface area contributed by atoms with Gasteiger partial charge in [-0.25, -0.2) is 14.7 Å². The molecule has 10 heteroatoms. The number of carboxylic acids is 2. The number of nitrogens with zero attached hydrogens (tertiary/aromatic N) is 2. The Morgan fingerprint density at radius 3 is 1.64 bits per heavy atom. The van der Waals surface area contributed by atoms with Gasteiger partial charge in [-0.15, -0.1) is 0 Å². The number of hydrogen-bond donors (Lipinski definition) is 4. The van der Waals surface area contributed by atoms with Crippen molar-refractivity contribution in [3.63, 3.8) is 0 Å². The summed E-state index contributed by atoms with van der Waals surface area (Å²) in [5.41, 5.74) is 0. The van der Waals surface area contributed by atoms with Crippen LogP contribution in [0.25, 0.3) is 0 Å². The maximum atomic E-state index is 11.0. The molecular weight excluding hydrogens is 300 g/mol. The molecule has 0 aliphatic heterocycles. The van der Waals surface area contributed by atoms with Gasteiger partial charge in [0.25, 0.3) is 0 Å². The fourth-order valence-electron chi connectivity index (χ4n) is 2.96. The molecule has 0 amide bonds. The van der Waals surface area contributed by atoms with Crippen molar-refractivity contribution < 1.29 is 40.1 Å². The quantitative estimate of drug-likeness (QED) is 0.246. The van der Waals surface area contributed by atoms with Crippen LogP contribution in [0.5, 0.6) is 0 Å². The Bertz CT molecular complexity index is 345. The van der Waals surface area contributed by atoms with Gasteiger partial charge in [-0.05, 0) is 12.8 Å². The molecule has 2 atom stereocenters. The summed E-state index contributed by atoms with van der Waals surface area (Å²) >= 11 is 0. The number of carbonyl (C=O) groups is 2. The van der Waals surface area contributed by atoms with Crippen LogP contribution in [0.3, 0.4) is 0 Å². The first-order valence-corrected chi connectivity index (χ1v) is 6.94. The molecule has 0 bridgehead atoms. The molecule has 1 rings (SSSR count). The molecule has 22 heavy (non-hydrogen) atoms.